The molecule has 5 nitrogen and oxygen atoms in total. The fraction of sp³-hybridized carbons (Fsp3) is 0.545. The predicted molar refractivity (Wildman–Crippen MR) is 108 cm³/mol. The highest BCUT2D eigenvalue weighted by atomic mass is 16.7. The van der Waals surface area contributed by atoms with Crippen LogP contribution < -0.4 is 0 Å². The molecule has 1 aliphatic carbocycles. The number of carbonyl (C=O) groups excluding carboxylic acids is 2. The summed E-state index contributed by atoms with van der Waals surface area (Å²) in [6.07, 6.45) is 4.10. The maximum absolute atomic E-state index is 13.2. The monoisotopic (exact) mass is 381 g/mol. The molecule has 28 heavy (non-hydrogen) atoms. The Balaban J connectivity index is 1.80. The number of rotatable bonds is 2. The summed E-state index contributed by atoms with van der Waals surface area (Å²) in [6, 6.07) is 9.91. The van der Waals surface area contributed by atoms with Crippen LogP contribution in [0.2, 0.25) is 5.31 Å². The van der Waals surface area contributed by atoms with E-state index < -0.39 is 35.5 Å². The van der Waals surface area contributed by atoms with Gasteiger partial charge in [-0.1, -0.05) is 49.4 Å². The Morgan fingerprint density at radius 1 is 0.929 bits per heavy atom. The van der Waals surface area contributed by atoms with E-state index in [0.717, 1.165) is 5.56 Å². The molecule has 4 atom stereocenters. The lowest BCUT2D eigenvalue weighted by Gasteiger charge is -2.41. The van der Waals surface area contributed by atoms with Crippen LogP contribution in [0.15, 0.2) is 42.5 Å². The van der Waals surface area contributed by atoms with Gasteiger partial charge in [0.1, 0.15) is 0 Å². The molecule has 2 aliphatic heterocycles. The second kappa shape index (κ2) is 6.04. The first kappa shape index (κ1) is 19.4. The van der Waals surface area contributed by atoms with Gasteiger partial charge in [-0.2, -0.15) is 0 Å². The molecule has 2 fully saturated rings. The molecule has 2 saturated heterocycles. The largest absolute Gasteiger partial charge is 0.469 e. The third kappa shape index (κ3) is 2.54. The molecule has 0 bridgehead atoms. The van der Waals surface area contributed by atoms with E-state index in [0.29, 0.717) is 0 Å². The van der Waals surface area contributed by atoms with Gasteiger partial charge in [0.2, 0.25) is 11.8 Å². The van der Waals surface area contributed by atoms with Crippen LogP contribution in [0.3, 0.4) is 0 Å². The Morgan fingerprint density at radius 2 is 1.50 bits per heavy atom. The highest BCUT2D eigenvalue weighted by molar-refractivity contribution is 6.51. The van der Waals surface area contributed by atoms with E-state index >= 15 is 0 Å². The molecule has 0 aromatic heterocycles. The SMILES string of the molecule is CN1C(=O)[C@H]2[C@@H](c3ccccc3)C=C[C@](C)(B3OC(C)(C)C(C)(C)O3)[C@H]2C1=O. The van der Waals surface area contributed by atoms with Crippen molar-refractivity contribution in [1.29, 1.82) is 0 Å². The first-order valence-corrected chi connectivity index (χ1v) is 9.91. The number of benzene rings is 1. The van der Waals surface area contributed by atoms with Crippen molar-refractivity contribution in [2.45, 2.75) is 57.1 Å². The van der Waals surface area contributed by atoms with Crippen molar-refractivity contribution >= 4 is 18.9 Å². The highest BCUT2D eigenvalue weighted by Gasteiger charge is 2.66. The van der Waals surface area contributed by atoms with Gasteiger partial charge in [-0.3, -0.25) is 14.5 Å². The Bertz CT molecular complexity index is 833. The first-order chi connectivity index (χ1) is 13.0. The average Bonchev–Trinajstić information content (AvgIpc) is 3.01. The summed E-state index contributed by atoms with van der Waals surface area (Å²) in [5.41, 5.74) is 0.0385. The molecule has 0 spiro atoms. The fourth-order valence-electron chi connectivity index (χ4n) is 4.70. The number of amides is 2. The molecule has 2 heterocycles. The van der Waals surface area contributed by atoms with Crippen molar-refractivity contribution in [2.75, 3.05) is 7.05 Å². The summed E-state index contributed by atoms with van der Waals surface area (Å²) in [5, 5.41) is -0.724. The van der Waals surface area contributed by atoms with Gasteiger partial charge < -0.3 is 9.31 Å². The zero-order chi connectivity index (χ0) is 20.5. The number of carbonyl (C=O) groups is 2. The number of hydrogen-bond acceptors (Lipinski definition) is 4. The van der Waals surface area contributed by atoms with E-state index in [1.54, 1.807) is 7.05 Å². The van der Waals surface area contributed by atoms with Crippen LogP contribution in [0.4, 0.5) is 0 Å². The summed E-state index contributed by atoms with van der Waals surface area (Å²) in [4.78, 5) is 27.5. The smallest absolute Gasteiger partial charge is 0.403 e. The second-order valence-corrected chi connectivity index (χ2v) is 9.49. The van der Waals surface area contributed by atoms with E-state index in [4.69, 9.17) is 9.31 Å². The van der Waals surface area contributed by atoms with Crippen LogP contribution in [-0.2, 0) is 18.9 Å². The molecular weight excluding hydrogens is 353 g/mol. The number of hydrogen-bond donors (Lipinski definition) is 0. The molecule has 2 amide bonds. The van der Waals surface area contributed by atoms with Crippen LogP contribution in [0.5, 0.6) is 0 Å². The number of nitrogens with zero attached hydrogens (tertiary/aromatic N) is 1. The number of imide groups is 1. The third-order valence-corrected chi connectivity index (χ3v) is 7.24. The molecule has 4 rings (SSSR count). The molecule has 0 unspecified atom stereocenters. The van der Waals surface area contributed by atoms with Crippen LogP contribution in [-0.4, -0.2) is 42.1 Å². The lowest BCUT2D eigenvalue weighted by Crippen LogP contribution is -2.46. The Kier molecular flexibility index (Phi) is 4.19. The van der Waals surface area contributed by atoms with Crippen molar-refractivity contribution in [2.24, 2.45) is 11.8 Å². The molecule has 0 N–H and O–H groups in total. The first-order valence-electron chi connectivity index (χ1n) is 9.91. The van der Waals surface area contributed by atoms with Gasteiger partial charge in [-0.15, -0.1) is 0 Å². The topological polar surface area (TPSA) is 55.8 Å². The van der Waals surface area contributed by atoms with Gasteiger partial charge in [0, 0.05) is 18.3 Å². The number of fused-ring (bicyclic) bond motifs is 1. The highest BCUT2D eigenvalue weighted by Crippen LogP contribution is 2.59. The number of allylic oxidation sites excluding steroid dienone is 2. The van der Waals surface area contributed by atoms with Crippen molar-refractivity contribution in [1.82, 2.24) is 4.90 Å². The Morgan fingerprint density at radius 3 is 2.07 bits per heavy atom. The minimum absolute atomic E-state index is 0.129. The summed E-state index contributed by atoms with van der Waals surface area (Å²) >= 11 is 0. The maximum atomic E-state index is 13.2. The summed E-state index contributed by atoms with van der Waals surface area (Å²) < 4.78 is 12.6. The fourth-order valence-corrected chi connectivity index (χ4v) is 4.70. The van der Waals surface area contributed by atoms with Crippen molar-refractivity contribution in [3.63, 3.8) is 0 Å². The normalized spacial score (nSPS) is 36.1. The molecule has 0 radical (unpaired) electrons. The molecule has 1 aromatic carbocycles. The Hall–Kier alpha value is -1.92. The summed E-state index contributed by atoms with van der Waals surface area (Å²) in [7, 11) is 0.983. The summed E-state index contributed by atoms with van der Waals surface area (Å²) in [6.45, 7) is 9.98. The minimum atomic E-state index is -0.724. The summed E-state index contributed by atoms with van der Waals surface area (Å²) in [5.74, 6) is -1.39. The van der Waals surface area contributed by atoms with Gasteiger partial charge in [0.05, 0.1) is 23.0 Å². The zero-order valence-electron chi connectivity index (χ0n) is 17.4. The average molecular weight is 381 g/mol. The number of likely N-dealkylation sites (tertiary alicyclic amines) is 1. The molecule has 148 valence electrons. The van der Waals surface area contributed by atoms with Crippen LogP contribution in [0.25, 0.3) is 0 Å². The lowest BCUT2D eigenvalue weighted by atomic mass is 9.46. The quantitative estimate of drug-likeness (QED) is 0.448. The maximum Gasteiger partial charge on any atom is 0.469 e. The van der Waals surface area contributed by atoms with Crippen LogP contribution in [0, 0.1) is 11.8 Å². The van der Waals surface area contributed by atoms with Gasteiger partial charge >= 0.3 is 7.12 Å². The molecule has 1 aromatic rings. The van der Waals surface area contributed by atoms with E-state index in [1.165, 1.54) is 4.90 Å². The van der Waals surface area contributed by atoms with E-state index in [-0.39, 0.29) is 17.7 Å². The molecule has 3 aliphatic rings. The van der Waals surface area contributed by atoms with Crippen LogP contribution in [0.1, 0.15) is 46.1 Å². The van der Waals surface area contributed by atoms with Gasteiger partial charge in [0.15, 0.2) is 0 Å². The van der Waals surface area contributed by atoms with E-state index in [1.807, 2.05) is 71.0 Å². The Labute approximate surface area is 167 Å². The molecular formula is C22H28BNO4. The van der Waals surface area contributed by atoms with E-state index in [2.05, 4.69) is 6.08 Å². The molecule has 6 heteroatoms. The lowest BCUT2D eigenvalue weighted by molar-refractivity contribution is -0.138. The van der Waals surface area contributed by atoms with Crippen LogP contribution >= 0.6 is 0 Å². The minimum Gasteiger partial charge on any atom is -0.403 e. The third-order valence-electron chi connectivity index (χ3n) is 7.24. The van der Waals surface area contributed by atoms with Gasteiger partial charge in [0.25, 0.3) is 0 Å². The zero-order valence-corrected chi connectivity index (χ0v) is 17.4. The van der Waals surface area contributed by atoms with Crippen molar-refractivity contribution in [3.8, 4) is 0 Å². The van der Waals surface area contributed by atoms with E-state index in [9.17, 15) is 9.59 Å². The van der Waals surface area contributed by atoms with Gasteiger partial charge in [-0.05, 0) is 33.3 Å². The molecule has 0 saturated carbocycles. The standard InChI is InChI=1S/C22H28BNO4/c1-20(2)21(3,4)28-23(27-20)22(5)13-12-15(14-10-8-7-9-11-14)16-17(22)19(26)24(6)18(16)25/h7-13,15-17H,1-6H3/t15-,16+,17-,22+/m1/s1. The van der Waals surface area contributed by atoms with Gasteiger partial charge in [-0.25, -0.2) is 0 Å². The van der Waals surface area contributed by atoms with Crippen molar-refractivity contribution in [3.05, 3.63) is 48.0 Å². The van der Waals surface area contributed by atoms with Crippen molar-refractivity contribution < 1.29 is 18.9 Å². The second-order valence-electron chi connectivity index (χ2n) is 9.49. The predicted octanol–water partition coefficient (Wildman–Crippen LogP) is 3.42.